The fraction of sp³-hybridized carbons (Fsp3) is 0.368. The number of carbonyl (C=O) groups is 2. The number of hydrogen-bond acceptors (Lipinski definition) is 7. The third-order valence-electron chi connectivity index (χ3n) is 4.20. The minimum atomic E-state index is -0.844. The van der Waals surface area contributed by atoms with E-state index in [1.807, 2.05) is 0 Å². The van der Waals surface area contributed by atoms with Crippen molar-refractivity contribution in [3.8, 4) is 0 Å². The number of nitrogens with zero attached hydrogens (tertiary/aromatic N) is 1. The van der Waals surface area contributed by atoms with Gasteiger partial charge in [-0.2, -0.15) is 0 Å². The zero-order valence-electron chi connectivity index (χ0n) is 15.8. The Morgan fingerprint density at radius 3 is 2.32 bits per heavy atom. The summed E-state index contributed by atoms with van der Waals surface area (Å²) in [6.07, 6.45) is 0. The lowest BCUT2D eigenvalue weighted by Crippen LogP contribution is -2.32. The summed E-state index contributed by atoms with van der Waals surface area (Å²) >= 11 is 3.20. The van der Waals surface area contributed by atoms with Gasteiger partial charge >= 0.3 is 11.9 Å². The number of esters is 2. The molecule has 1 aromatic carbocycles. The maximum Gasteiger partial charge on any atom is 0.336 e. The highest BCUT2D eigenvalue weighted by Gasteiger charge is 2.38. The first-order valence-electron chi connectivity index (χ1n) is 8.64. The van der Waals surface area contributed by atoms with E-state index in [4.69, 9.17) is 9.47 Å². The highest BCUT2D eigenvalue weighted by atomic mass is 79.9. The van der Waals surface area contributed by atoms with Crippen molar-refractivity contribution in [3.63, 3.8) is 0 Å². The molecule has 1 heterocycles. The Balaban J connectivity index is 2.65. The average Bonchev–Trinajstić information content (AvgIpc) is 2.65. The van der Waals surface area contributed by atoms with Gasteiger partial charge in [0, 0.05) is 28.9 Å². The molecular weight excluding hydrogens is 432 g/mol. The summed E-state index contributed by atoms with van der Waals surface area (Å²) in [5.74, 6) is -2.04. The number of carbonyl (C=O) groups excluding carboxylic acids is 2. The zero-order valence-corrected chi connectivity index (χ0v) is 17.4. The van der Waals surface area contributed by atoms with Crippen LogP contribution in [0.3, 0.4) is 0 Å². The van der Waals surface area contributed by atoms with E-state index in [0.29, 0.717) is 22.3 Å². The molecule has 0 saturated carbocycles. The second-order valence-corrected chi connectivity index (χ2v) is 6.83. The maximum absolute atomic E-state index is 12.8. The molecule has 1 aromatic rings. The minimum Gasteiger partial charge on any atom is -0.463 e. The van der Waals surface area contributed by atoms with Crippen LogP contribution in [0.4, 0.5) is 5.69 Å². The van der Waals surface area contributed by atoms with Gasteiger partial charge in [0.1, 0.15) is 6.61 Å². The van der Waals surface area contributed by atoms with Crippen molar-refractivity contribution in [1.29, 1.82) is 0 Å². The number of allylic oxidation sites excluding steroid dienone is 2. The lowest BCUT2D eigenvalue weighted by molar-refractivity contribution is -0.384. The van der Waals surface area contributed by atoms with E-state index < -0.39 is 22.8 Å². The number of nitro groups is 1. The SMILES string of the molecule is CCOC(=O)C1=C(C)NC(C)=C(C(=O)OCCBr)C1c1cccc([N+](=O)[O-])c1. The van der Waals surface area contributed by atoms with E-state index in [0.717, 1.165) is 0 Å². The molecule has 1 N–H and O–H groups in total. The molecule has 9 heteroatoms. The highest BCUT2D eigenvalue weighted by molar-refractivity contribution is 9.09. The van der Waals surface area contributed by atoms with E-state index in [-0.39, 0.29) is 30.0 Å². The Morgan fingerprint density at radius 1 is 1.18 bits per heavy atom. The Hall–Kier alpha value is -2.68. The number of rotatable bonds is 7. The van der Waals surface area contributed by atoms with Gasteiger partial charge in [-0.25, -0.2) is 9.59 Å². The molecule has 0 spiro atoms. The number of hydrogen-bond donors (Lipinski definition) is 1. The molecule has 0 amide bonds. The van der Waals surface area contributed by atoms with Crippen molar-refractivity contribution in [2.75, 3.05) is 18.5 Å². The van der Waals surface area contributed by atoms with E-state index in [9.17, 15) is 19.7 Å². The molecule has 8 nitrogen and oxygen atoms in total. The summed E-state index contributed by atoms with van der Waals surface area (Å²) < 4.78 is 10.4. The number of non-ortho nitro benzene ring substituents is 1. The summed E-state index contributed by atoms with van der Waals surface area (Å²) in [5, 5.41) is 14.7. The van der Waals surface area contributed by atoms with Crippen LogP contribution < -0.4 is 5.32 Å². The van der Waals surface area contributed by atoms with Crippen LogP contribution in [0.15, 0.2) is 46.8 Å². The number of ether oxygens (including phenoxy) is 2. The van der Waals surface area contributed by atoms with Crippen molar-refractivity contribution >= 4 is 33.6 Å². The zero-order chi connectivity index (χ0) is 20.8. The Labute approximate surface area is 170 Å². The fourth-order valence-corrected chi connectivity index (χ4v) is 3.27. The van der Waals surface area contributed by atoms with E-state index in [1.165, 1.54) is 18.2 Å². The monoisotopic (exact) mass is 452 g/mol. The predicted octanol–water partition coefficient (Wildman–Crippen LogP) is 3.33. The van der Waals surface area contributed by atoms with Gasteiger partial charge in [0.15, 0.2) is 0 Å². The van der Waals surface area contributed by atoms with Crippen LogP contribution in [0.25, 0.3) is 0 Å². The molecule has 0 saturated heterocycles. The summed E-state index contributed by atoms with van der Waals surface area (Å²) in [7, 11) is 0. The van der Waals surface area contributed by atoms with Gasteiger partial charge < -0.3 is 14.8 Å². The number of alkyl halides is 1. The largest absolute Gasteiger partial charge is 0.463 e. The molecular formula is C19H21BrN2O6. The minimum absolute atomic E-state index is 0.136. The number of benzene rings is 1. The summed E-state index contributed by atoms with van der Waals surface area (Å²) in [6, 6.07) is 5.86. The van der Waals surface area contributed by atoms with E-state index in [1.54, 1.807) is 26.8 Å². The quantitative estimate of drug-likeness (QED) is 0.292. The van der Waals surface area contributed by atoms with Crippen LogP contribution in [-0.2, 0) is 19.1 Å². The molecule has 0 bridgehead atoms. The molecule has 0 fully saturated rings. The number of nitrogens with one attached hydrogen (secondary N) is 1. The van der Waals surface area contributed by atoms with Gasteiger partial charge in [0.2, 0.25) is 0 Å². The molecule has 1 aliphatic heterocycles. The third kappa shape index (κ3) is 4.59. The van der Waals surface area contributed by atoms with Gasteiger partial charge in [-0.1, -0.05) is 28.1 Å². The lowest BCUT2D eigenvalue weighted by Gasteiger charge is -2.30. The molecule has 150 valence electrons. The topological polar surface area (TPSA) is 108 Å². The second-order valence-electron chi connectivity index (χ2n) is 6.03. The van der Waals surface area contributed by atoms with Crippen molar-refractivity contribution in [3.05, 3.63) is 62.5 Å². The Morgan fingerprint density at radius 2 is 1.79 bits per heavy atom. The summed E-state index contributed by atoms with van der Waals surface area (Å²) in [4.78, 5) is 36.1. The first-order valence-corrected chi connectivity index (χ1v) is 9.77. The number of halogens is 1. The van der Waals surface area contributed by atoms with Crippen molar-refractivity contribution in [2.45, 2.75) is 26.7 Å². The predicted molar refractivity (Wildman–Crippen MR) is 106 cm³/mol. The smallest absolute Gasteiger partial charge is 0.336 e. The third-order valence-corrected chi connectivity index (χ3v) is 4.52. The Bertz CT molecular complexity index is 862. The molecule has 2 rings (SSSR count). The first kappa shape index (κ1) is 21.6. The van der Waals surface area contributed by atoms with Crippen LogP contribution in [0.2, 0.25) is 0 Å². The molecule has 1 aliphatic rings. The van der Waals surface area contributed by atoms with Crippen molar-refractivity contribution in [1.82, 2.24) is 5.32 Å². The van der Waals surface area contributed by atoms with Gasteiger partial charge in [-0.05, 0) is 26.3 Å². The molecule has 1 atom stereocenters. The fourth-order valence-electron chi connectivity index (χ4n) is 3.10. The molecule has 0 aromatic heterocycles. The molecule has 0 radical (unpaired) electrons. The first-order chi connectivity index (χ1) is 13.3. The van der Waals surface area contributed by atoms with Crippen molar-refractivity contribution in [2.24, 2.45) is 0 Å². The normalized spacial score (nSPS) is 16.5. The van der Waals surface area contributed by atoms with Crippen LogP contribution in [-0.4, -0.2) is 35.4 Å². The average molecular weight is 453 g/mol. The van der Waals surface area contributed by atoms with Crippen LogP contribution in [0, 0.1) is 10.1 Å². The van der Waals surface area contributed by atoms with Gasteiger partial charge in [-0.15, -0.1) is 0 Å². The maximum atomic E-state index is 12.8. The lowest BCUT2D eigenvalue weighted by atomic mass is 9.80. The Kier molecular flexibility index (Phi) is 7.33. The van der Waals surface area contributed by atoms with Crippen molar-refractivity contribution < 1.29 is 24.0 Å². The summed E-state index contributed by atoms with van der Waals surface area (Å²) in [6.45, 7) is 5.37. The van der Waals surface area contributed by atoms with E-state index >= 15 is 0 Å². The molecule has 1 unspecified atom stereocenters. The second kappa shape index (κ2) is 9.50. The highest BCUT2D eigenvalue weighted by Crippen LogP contribution is 2.40. The molecule has 28 heavy (non-hydrogen) atoms. The number of nitro benzene ring substituents is 1. The van der Waals surface area contributed by atoms with Gasteiger partial charge in [-0.3, -0.25) is 10.1 Å². The van der Waals surface area contributed by atoms with Gasteiger partial charge in [0.25, 0.3) is 5.69 Å². The van der Waals surface area contributed by atoms with Crippen LogP contribution in [0.1, 0.15) is 32.3 Å². The van der Waals surface area contributed by atoms with Crippen LogP contribution in [0.5, 0.6) is 0 Å². The molecule has 0 aliphatic carbocycles. The summed E-state index contributed by atoms with van der Waals surface area (Å²) in [5.41, 5.74) is 1.77. The standard InChI is InChI=1S/C19H21BrN2O6/c1-4-27-18(23)15-11(2)21-12(3)16(19(24)28-9-8-20)17(15)13-6-5-7-14(10-13)22(25)26/h5-7,10,17,21H,4,8-9H2,1-3H3. The van der Waals surface area contributed by atoms with E-state index in [2.05, 4.69) is 21.2 Å². The van der Waals surface area contributed by atoms with Gasteiger partial charge in [0.05, 0.1) is 28.6 Å². The van der Waals surface area contributed by atoms with Crippen LogP contribution >= 0.6 is 15.9 Å². The number of dihydropyridines is 1.